The van der Waals surface area contributed by atoms with Crippen molar-refractivity contribution in [2.24, 2.45) is 5.92 Å². The van der Waals surface area contributed by atoms with Crippen molar-refractivity contribution in [3.05, 3.63) is 12.7 Å². The fraction of sp³-hybridized carbons (Fsp3) is 0.833. The van der Waals surface area contributed by atoms with Gasteiger partial charge in [-0.05, 0) is 27.7 Å². The molecule has 4 unspecified atom stereocenters. The van der Waals surface area contributed by atoms with E-state index in [4.69, 9.17) is 9.47 Å². The Labute approximate surface area is 158 Å². The molecule has 2 aliphatic heterocycles. The first-order valence-corrected chi connectivity index (χ1v) is 6.25. The molecule has 0 saturated carbocycles. The number of epoxide rings is 1. The summed E-state index contributed by atoms with van der Waals surface area (Å²) in [6, 6.07) is 0. The molecule has 5 heteroatoms. The molecule has 4 atom stereocenters. The Hall–Kier alpha value is -0.286. The minimum Gasteiger partial charge on any atom is -0.493 e. The van der Waals surface area contributed by atoms with Crippen LogP contribution in [0.5, 0.6) is 0 Å². The molecule has 0 bridgehead atoms. The van der Waals surface area contributed by atoms with Gasteiger partial charge >= 0.3 is 0 Å². The van der Waals surface area contributed by atoms with Gasteiger partial charge in [-0.25, -0.2) is 0 Å². The van der Waals surface area contributed by atoms with Gasteiger partial charge in [-0.2, -0.15) is 0 Å². The van der Waals surface area contributed by atoms with Crippen molar-refractivity contribution in [1.82, 2.24) is 0 Å². The zero-order valence-corrected chi connectivity index (χ0v) is 14.1. The van der Waals surface area contributed by atoms with Crippen molar-refractivity contribution in [2.75, 3.05) is 7.11 Å². The zero-order valence-electron chi connectivity index (χ0n) is 12.7. The quantitative estimate of drug-likeness (QED) is 0.284. The molecular formula is C18H41O4V-. The van der Waals surface area contributed by atoms with Gasteiger partial charge in [-0.15, -0.1) is 0 Å². The number of ether oxygens (including phenoxy) is 3. The number of carbonyl (C=O) groups is 1. The molecule has 0 aromatic heterocycles. The Balaban J connectivity index is -0.0000000429. The van der Waals surface area contributed by atoms with Gasteiger partial charge in [0.1, 0.15) is 5.97 Å². The van der Waals surface area contributed by atoms with Crippen LogP contribution < -0.4 is 0 Å². The van der Waals surface area contributed by atoms with Gasteiger partial charge in [-0.1, -0.05) is 36.6 Å². The Morgan fingerprint density at radius 3 is 1.17 bits per heavy atom. The number of hydrogen-bond acceptors (Lipinski definition) is 4. The Bertz CT molecular complexity index is 258. The maximum absolute atomic E-state index is 9.78. The van der Waals surface area contributed by atoms with Crippen LogP contribution in [0, 0.1) is 12.0 Å². The first-order valence-electron chi connectivity index (χ1n) is 6.25. The van der Waals surface area contributed by atoms with Crippen LogP contribution >= 0.6 is 0 Å². The SMILES string of the molecule is C.C.C.C.C=[C-]C(=O)OC.CC1OC(C)C1C.CC1OC1C.[V]. The van der Waals surface area contributed by atoms with Crippen molar-refractivity contribution >= 4 is 5.97 Å². The monoisotopic (exact) mass is 372 g/mol. The van der Waals surface area contributed by atoms with Gasteiger partial charge in [0.15, 0.2) is 0 Å². The van der Waals surface area contributed by atoms with Crippen molar-refractivity contribution in [1.29, 1.82) is 0 Å². The zero-order chi connectivity index (χ0) is 14.3. The minimum atomic E-state index is -0.519. The second-order valence-electron chi connectivity index (χ2n) is 4.62. The molecule has 0 N–H and O–H groups in total. The molecule has 143 valence electrons. The van der Waals surface area contributed by atoms with Gasteiger partial charge in [0.05, 0.1) is 31.5 Å². The molecule has 2 saturated heterocycles. The summed E-state index contributed by atoms with van der Waals surface area (Å²) in [5, 5.41) is 0. The first kappa shape index (κ1) is 38.3. The number of esters is 1. The number of methoxy groups -OCH3 is 1. The summed E-state index contributed by atoms with van der Waals surface area (Å²) in [6.45, 7) is 13.6. The maximum Gasteiger partial charge on any atom is 0.146 e. The second-order valence-corrected chi connectivity index (χ2v) is 4.62. The van der Waals surface area contributed by atoms with Crippen LogP contribution in [0.2, 0.25) is 0 Å². The Morgan fingerprint density at radius 1 is 0.870 bits per heavy atom. The van der Waals surface area contributed by atoms with Gasteiger partial charge in [0, 0.05) is 24.5 Å². The van der Waals surface area contributed by atoms with Crippen LogP contribution in [0.25, 0.3) is 0 Å². The fourth-order valence-corrected chi connectivity index (χ4v) is 1.24. The maximum atomic E-state index is 9.78. The summed E-state index contributed by atoms with van der Waals surface area (Å²) in [5.74, 6) is 0.259. The van der Waals surface area contributed by atoms with Crippen molar-refractivity contribution in [2.45, 2.75) is 88.7 Å². The number of rotatable bonds is 1. The van der Waals surface area contributed by atoms with Crippen molar-refractivity contribution in [3.8, 4) is 0 Å². The second kappa shape index (κ2) is 19.8. The summed E-state index contributed by atoms with van der Waals surface area (Å²) in [5.41, 5.74) is 0. The molecule has 2 heterocycles. The summed E-state index contributed by atoms with van der Waals surface area (Å²) in [7, 11) is 1.28. The molecule has 23 heavy (non-hydrogen) atoms. The Kier molecular flexibility index (Phi) is 32.9. The van der Waals surface area contributed by atoms with Crippen LogP contribution in [0.3, 0.4) is 0 Å². The van der Waals surface area contributed by atoms with Crippen LogP contribution in [0.1, 0.15) is 64.3 Å². The van der Waals surface area contributed by atoms with Crippen LogP contribution in [-0.4, -0.2) is 37.5 Å². The largest absolute Gasteiger partial charge is 0.493 e. The van der Waals surface area contributed by atoms with Gasteiger partial charge in [0.25, 0.3) is 0 Å². The van der Waals surface area contributed by atoms with E-state index < -0.39 is 5.97 Å². The molecular weight excluding hydrogens is 331 g/mol. The Morgan fingerprint density at radius 2 is 1.17 bits per heavy atom. The van der Waals surface area contributed by atoms with E-state index in [1.807, 2.05) is 6.08 Å². The molecule has 0 aromatic rings. The summed E-state index contributed by atoms with van der Waals surface area (Å²) >= 11 is 0. The molecule has 4 nitrogen and oxygen atoms in total. The van der Waals surface area contributed by atoms with Gasteiger partial charge in [0.2, 0.25) is 0 Å². The predicted octanol–water partition coefficient (Wildman–Crippen LogP) is 4.91. The normalized spacial score (nSPS) is 28.0. The smallest absolute Gasteiger partial charge is 0.146 e. The van der Waals surface area contributed by atoms with E-state index in [9.17, 15) is 4.79 Å². The number of carbonyl (C=O) groups excluding carboxylic acids is 1. The van der Waals surface area contributed by atoms with Crippen LogP contribution in [0.15, 0.2) is 6.58 Å². The van der Waals surface area contributed by atoms with E-state index in [1.54, 1.807) is 0 Å². The summed E-state index contributed by atoms with van der Waals surface area (Å²) in [6.07, 6.45) is 4.12. The molecule has 2 fully saturated rings. The van der Waals surface area contributed by atoms with E-state index in [0.29, 0.717) is 24.4 Å². The number of hydrogen-bond donors (Lipinski definition) is 0. The van der Waals surface area contributed by atoms with E-state index in [0.717, 1.165) is 5.92 Å². The molecule has 0 amide bonds. The first-order chi connectivity index (χ1) is 8.33. The third kappa shape index (κ3) is 17.9. The molecule has 2 aliphatic rings. The predicted molar refractivity (Wildman–Crippen MR) is 97.0 cm³/mol. The van der Waals surface area contributed by atoms with Gasteiger partial charge < -0.3 is 20.3 Å². The molecule has 0 spiro atoms. The van der Waals surface area contributed by atoms with E-state index >= 15 is 0 Å². The molecule has 0 aliphatic carbocycles. The molecule has 0 aromatic carbocycles. The third-order valence-corrected chi connectivity index (χ3v) is 3.25. The standard InChI is InChI=1S/C6H12O.C4H5O2.C4H8O.4CH4.V/c1-4-5(2)7-6(4)3;1-3-4(5)6-2;1-3-4(2)5-3;;;;;/h4-6H,1-3H3;1H2,2H3;3-4H,1-2H3;4*1H4;/q;-1;;;;;;. The van der Waals surface area contributed by atoms with E-state index in [-0.39, 0.29) is 48.3 Å². The average Bonchev–Trinajstić information content (AvgIpc) is 3.03. The van der Waals surface area contributed by atoms with Crippen LogP contribution in [-0.2, 0) is 37.6 Å². The van der Waals surface area contributed by atoms with Crippen molar-refractivity contribution in [3.63, 3.8) is 0 Å². The average molecular weight is 372 g/mol. The molecule has 2 rings (SSSR count). The summed E-state index contributed by atoms with van der Waals surface area (Å²) < 4.78 is 14.3. The topological polar surface area (TPSA) is 48.1 Å². The minimum absolute atomic E-state index is 0. The van der Waals surface area contributed by atoms with E-state index in [2.05, 4.69) is 45.9 Å². The molecule has 1 radical (unpaired) electrons. The third-order valence-electron chi connectivity index (χ3n) is 3.25. The summed E-state index contributed by atoms with van der Waals surface area (Å²) in [4.78, 5) is 9.78. The fourth-order valence-electron chi connectivity index (χ4n) is 1.24. The van der Waals surface area contributed by atoms with E-state index in [1.165, 1.54) is 7.11 Å². The van der Waals surface area contributed by atoms with Crippen LogP contribution in [0.4, 0.5) is 0 Å². The van der Waals surface area contributed by atoms with Gasteiger partial charge in [-0.3, -0.25) is 11.4 Å². The van der Waals surface area contributed by atoms with Crippen molar-refractivity contribution < 1.29 is 37.6 Å².